The monoisotopic (exact) mass is 210 g/mol. The van der Waals surface area contributed by atoms with Gasteiger partial charge in [0.05, 0.1) is 5.39 Å². The van der Waals surface area contributed by atoms with Gasteiger partial charge >= 0.3 is 7.12 Å². The molecule has 0 bridgehead atoms. The van der Waals surface area contributed by atoms with E-state index in [1.54, 1.807) is 0 Å². The number of hydrogen-bond donors (Lipinski definition) is 4. The first kappa shape index (κ1) is 9.33. The molecule has 2 aromatic rings. The molecule has 0 saturated heterocycles. The molecule has 1 aromatic heterocycles. The molecule has 0 aliphatic heterocycles. The standard InChI is InChI=1S/C8H7BO4S/c10-5-1-4(9(12)13)2-7-8(5)6(11)3-14-7/h1-3,10-13H. The van der Waals surface area contributed by atoms with Gasteiger partial charge in [0.2, 0.25) is 0 Å². The zero-order valence-corrected chi connectivity index (χ0v) is 7.82. The Morgan fingerprint density at radius 3 is 2.43 bits per heavy atom. The smallest absolute Gasteiger partial charge is 0.488 e. The topological polar surface area (TPSA) is 80.9 Å². The number of fused-ring (bicyclic) bond motifs is 1. The molecule has 0 saturated carbocycles. The third-order valence-corrected chi connectivity index (χ3v) is 2.87. The van der Waals surface area contributed by atoms with Gasteiger partial charge < -0.3 is 20.3 Å². The largest absolute Gasteiger partial charge is 0.507 e. The lowest BCUT2D eigenvalue weighted by molar-refractivity contribution is 0.424. The maximum absolute atomic E-state index is 9.50. The van der Waals surface area contributed by atoms with Crippen LogP contribution in [-0.2, 0) is 0 Å². The lowest BCUT2D eigenvalue weighted by Crippen LogP contribution is -2.29. The van der Waals surface area contributed by atoms with E-state index in [0.717, 1.165) is 0 Å². The number of rotatable bonds is 1. The molecular weight excluding hydrogens is 203 g/mol. The first-order valence-corrected chi connectivity index (χ1v) is 4.77. The molecule has 0 unspecified atom stereocenters. The average Bonchev–Trinajstić information content (AvgIpc) is 2.48. The lowest BCUT2D eigenvalue weighted by Gasteiger charge is -2.01. The van der Waals surface area contributed by atoms with Gasteiger partial charge in [-0.1, -0.05) is 0 Å². The van der Waals surface area contributed by atoms with Crippen LogP contribution in [-0.4, -0.2) is 27.4 Å². The second-order valence-corrected chi connectivity index (χ2v) is 3.82. The van der Waals surface area contributed by atoms with E-state index in [1.807, 2.05) is 0 Å². The fourth-order valence-electron chi connectivity index (χ4n) is 1.30. The minimum absolute atomic E-state index is 0.00137. The summed E-state index contributed by atoms with van der Waals surface area (Å²) in [5.74, 6) is -0.147. The Morgan fingerprint density at radius 1 is 1.07 bits per heavy atom. The number of phenolic OH excluding ortho intramolecular Hbond substituents is 1. The Morgan fingerprint density at radius 2 is 1.79 bits per heavy atom. The highest BCUT2D eigenvalue weighted by Gasteiger charge is 2.16. The highest BCUT2D eigenvalue weighted by Crippen LogP contribution is 2.36. The van der Waals surface area contributed by atoms with Gasteiger partial charge in [-0.25, -0.2) is 0 Å². The fourth-order valence-corrected chi connectivity index (χ4v) is 2.19. The molecule has 0 spiro atoms. The van der Waals surface area contributed by atoms with E-state index in [4.69, 9.17) is 10.0 Å². The fraction of sp³-hybridized carbons (Fsp3) is 0. The Balaban J connectivity index is 2.74. The molecule has 0 amide bonds. The van der Waals surface area contributed by atoms with Crippen LogP contribution in [0.1, 0.15) is 0 Å². The average molecular weight is 210 g/mol. The zero-order chi connectivity index (χ0) is 10.3. The molecule has 4 N–H and O–H groups in total. The Labute approximate surface area is 83.8 Å². The van der Waals surface area contributed by atoms with Gasteiger partial charge in [-0.2, -0.15) is 0 Å². The van der Waals surface area contributed by atoms with Crippen LogP contribution in [0.3, 0.4) is 0 Å². The Kier molecular flexibility index (Phi) is 2.11. The van der Waals surface area contributed by atoms with Crippen LogP contribution in [0, 0.1) is 0 Å². The van der Waals surface area contributed by atoms with Crippen molar-refractivity contribution in [1.29, 1.82) is 0 Å². The van der Waals surface area contributed by atoms with Gasteiger partial charge in [0.15, 0.2) is 0 Å². The van der Waals surface area contributed by atoms with E-state index in [1.165, 1.54) is 28.8 Å². The molecule has 0 radical (unpaired) electrons. The van der Waals surface area contributed by atoms with E-state index in [0.29, 0.717) is 10.1 Å². The summed E-state index contributed by atoms with van der Waals surface area (Å²) in [5.41, 5.74) is 0.205. The highest BCUT2D eigenvalue weighted by molar-refractivity contribution is 7.17. The SMILES string of the molecule is OB(O)c1cc(O)c2c(O)csc2c1. The third kappa shape index (κ3) is 1.33. The summed E-state index contributed by atoms with van der Waals surface area (Å²) in [6.07, 6.45) is 0. The summed E-state index contributed by atoms with van der Waals surface area (Å²) in [6, 6.07) is 2.74. The van der Waals surface area contributed by atoms with Gasteiger partial charge in [0, 0.05) is 10.1 Å². The number of benzene rings is 1. The van der Waals surface area contributed by atoms with Crippen LogP contribution in [0.25, 0.3) is 10.1 Å². The predicted octanol–water partition coefficient (Wildman–Crippen LogP) is -0.00770. The molecule has 2 rings (SSSR count). The van der Waals surface area contributed by atoms with Crippen molar-refractivity contribution < 1.29 is 20.3 Å². The van der Waals surface area contributed by atoms with Gasteiger partial charge in [0.25, 0.3) is 0 Å². The molecule has 4 nitrogen and oxygen atoms in total. The van der Waals surface area contributed by atoms with Crippen molar-refractivity contribution in [3.8, 4) is 11.5 Å². The number of hydrogen-bond acceptors (Lipinski definition) is 5. The van der Waals surface area contributed by atoms with Crippen LogP contribution < -0.4 is 5.46 Å². The number of thiophene rings is 1. The van der Waals surface area contributed by atoms with E-state index >= 15 is 0 Å². The predicted molar refractivity (Wildman–Crippen MR) is 55.0 cm³/mol. The van der Waals surface area contributed by atoms with Crippen molar-refractivity contribution in [2.24, 2.45) is 0 Å². The van der Waals surface area contributed by atoms with Crippen molar-refractivity contribution >= 4 is 34.0 Å². The second kappa shape index (κ2) is 3.16. The van der Waals surface area contributed by atoms with Crippen LogP contribution in [0.4, 0.5) is 0 Å². The summed E-state index contributed by atoms with van der Waals surface area (Å²) < 4.78 is 0.616. The molecule has 0 fully saturated rings. The highest BCUT2D eigenvalue weighted by atomic mass is 32.1. The van der Waals surface area contributed by atoms with Crippen molar-refractivity contribution in [2.75, 3.05) is 0 Å². The first-order valence-electron chi connectivity index (χ1n) is 3.89. The van der Waals surface area contributed by atoms with Crippen LogP contribution in [0.2, 0.25) is 0 Å². The maximum atomic E-state index is 9.50. The summed E-state index contributed by atoms with van der Waals surface area (Å²) >= 11 is 1.23. The molecule has 0 aliphatic carbocycles. The molecule has 0 aliphatic rings. The van der Waals surface area contributed by atoms with Crippen LogP contribution in [0.5, 0.6) is 11.5 Å². The van der Waals surface area contributed by atoms with Gasteiger partial charge in [-0.3, -0.25) is 0 Å². The van der Waals surface area contributed by atoms with E-state index < -0.39 is 7.12 Å². The number of phenols is 1. The van der Waals surface area contributed by atoms with Crippen molar-refractivity contribution in [3.63, 3.8) is 0 Å². The summed E-state index contributed by atoms with van der Waals surface area (Å²) in [4.78, 5) is 0. The van der Waals surface area contributed by atoms with Gasteiger partial charge in [-0.15, -0.1) is 11.3 Å². The lowest BCUT2D eigenvalue weighted by atomic mass is 9.80. The number of aromatic hydroxyl groups is 2. The first-order chi connectivity index (χ1) is 6.59. The zero-order valence-electron chi connectivity index (χ0n) is 7.01. The molecule has 14 heavy (non-hydrogen) atoms. The summed E-state index contributed by atoms with van der Waals surface area (Å²) in [7, 11) is -1.62. The van der Waals surface area contributed by atoms with E-state index in [-0.39, 0.29) is 17.0 Å². The van der Waals surface area contributed by atoms with Crippen molar-refractivity contribution in [1.82, 2.24) is 0 Å². The molecular formula is C8H7BO4S. The Bertz CT molecular complexity index is 479. The van der Waals surface area contributed by atoms with Gasteiger partial charge in [-0.05, 0) is 17.6 Å². The van der Waals surface area contributed by atoms with Crippen LogP contribution >= 0.6 is 11.3 Å². The minimum atomic E-state index is -1.62. The normalized spacial score (nSPS) is 10.7. The second-order valence-electron chi connectivity index (χ2n) is 2.91. The summed E-state index contributed by atoms with van der Waals surface area (Å²) in [5, 5.41) is 38.5. The van der Waals surface area contributed by atoms with Gasteiger partial charge in [0.1, 0.15) is 11.5 Å². The molecule has 6 heteroatoms. The molecule has 0 atom stereocenters. The molecule has 1 heterocycles. The summed E-state index contributed by atoms with van der Waals surface area (Å²) in [6.45, 7) is 0. The van der Waals surface area contributed by atoms with Crippen LogP contribution in [0.15, 0.2) is 17.5 Å². The van der Waals surface area contributed by atoms with Crippen molar-refractivity contribution in [3.05, 3.63) is 17.5 Å². The van der Waals surface area contributed by atoms with E-state index in [9.17, 15) is 10.2 Å². The third-order valence-electron chi connectivity index (χ3n) is 1.96. The molecule has 1 aromatic carbocycles. The quantitative estimate of drug-likeness (QED) is 0.499. The minimum Gasteiger partial charge on any atom is -0.507 e. The van der Waals surface area contributed by atoms with E-state index in [2.05, 4.69) is 0 Å². The molecule has 72 valence electrons. The Hall–Kier alpha value is -1.24. The maximum Gasteiger partial charge on any atom is 0.488 e. The van der Waals surface area contributed by atoms with Crippen molar-refractivity contribution in [2.45, 2.75) is 0 Å².